The minimum atomic E-state index is -1.12. The second kappa shape index (κ2) is 8.04. The molecule has 1 aromatic carbocycles. The van der Waals surface area contributed by atoms with Crippen molar-refractivity contribution >= 4 is 39.5 Å². The number of nitrogen functional groups attached to an aromatic ring is 2. The lowest BCUT2D eigenvalue weighted by molar-refractivity contribution is -0.0204. The summed E-state index contributed by atoms with van der Waals surface area (Å²) in [5, 5.41) is 26.5. The number of benzene rings is 1. The number of pyridine rings is 1. The molecule has 1 fully saturated rings. The van der Waals surface area contributed by atoms with Crippen LogP contribution in [0, 0.1) is 17.0 Å². The maximum atomic E-state index is 14.7. The summed E-state index contributed by atoms with van der Waals surface area (Å²) in [6.45, 7) is 1.86. The zero-order valence-electron chi connectivity index (χ0n) is 18.3. The predicted molar refractivity (Wildman–Crippen MR) is 126 cm³/mol. The number of anilines is 2. The van der Waals surface area contributed by atoms with Gasteiger partial charge in [0.2, 0.25) is 0 Å². The Morgan fingerprint density at radius 1 is 1.18 bits per heavy atom. The zero-order valence-corrected chi connectivity index (χ0v) is 19.1. The number of nitrogens with zero attached hydrogens (tertiary/aromatic N) is 3. The van der Waals surface area contributed by atoms with Gasteiger partial charge in [0.25, 0.3) is 0 Å². The molecule has 0 unspecified atom stereocenters. The largest absolute Gasteiger partial charge is 0.397 e. The quantitative estimate of drug-likeness (QED) is 0.347. The van der Waals surface area contributed by atoms with Gasteiger partial charge in [0.15, 0.2) is 5.82 Å². The number of aromatic nitrogens is 3. The average Bonchev–Trinajstić information content (AvgIpc) is 3.24. The molecule has 3 heterocycles. The Balaban J connectivity index is 1.42. The SMILES string of the molecule is C[C@]1(CCc2cc(F)c3cc(Cl)c(N)nc3c2)C[C@@H](c2cc(F)c3c(N)ccnn23)[C@H](O)[C@@H]1O. The van der Waals surface area contributed by atoms with E-state index < -0.39 is 35.2 Å². The maximum Gasteiger partial charge on any atom is 0.152 e. The normalized spacial score (nSPS) is 24.9. The third-order valence-corrected chi connectivity index (χ3v) is 7.39. The number of aliphatic hydroxyl groups is 2. The predicted octanol–water partition coefficient (Wildman–Crippen LogP) is 3.83. The Kier molecular flexibility index (Phi) is 5.38. The lowest BCUT2D eigenvalue weighted by atomic mass is 9.80. The Morgan fingerprint density at radius 3 is 2.71 bits per heavy atom. The van der Waals surface area contributed by atoms with Gasteiger partial charge in [-0.05, 0) is 60.6 Å². The molecule has 0 amide bonds. The van der Waals surface area contributed by atoms with E-state index in [1.807, 2.05) is 6.92 Å². The Bertz CT molecular complexity index is 1430. The van der Waals surface area contributed by atoms with Crippen molar-refractivity contribution in [1.29, 1.82) is 0 Å². The van der Waals surface area contributed by atoms with Gasteiger partial charge in [-0.15, -0.1) is 0 Å². The average molecular weight is 488 g/mol. The van der Waals surface area contributed by atoms with Crippen LogP contribution >= 0.6 is 11.6 Å². The van der Waals surface area contributed by atoms with E-state index in [1.165, 1.54) is 35.0 Å². The van der Waals surface area contributed by atoms with Gasteiger partial charge in [-0.25, -0.2) is 18.3 Å². The van der Waals surface area contributed by atoms with E-state index >= 15 is 0 Å². The molecule has 0 radical (unpaired) electrons. The molecule has 1 aliphatic carbocycles. The molecular formula is C24H24ClF2N5O2. The number of aryl methyl sites for hydroxylation is 1. The first-order chi connectivity index (χ1) is 16.1. The van der Waals surface area contributed by atoms with Crippen molar-refractivity contribution in [2.75, 3.05) is 11.5 Å². The van der Waals surface area contributed by atoms with Crippen LogP contribution in [0.1, 0.15) is 36.9 Å². The number of rotatable bonds is 4. The fourth-order valence-corrected chi connectivity index (χ4v) is 5.31. The molecule has 3 aromatic heterocycles. The summed E-state index contributed by atoms with van der Waals surface area (Å²) in [6, 6.07) is 7.42. The first-order valence-corrected chi connectivity index (χ1v) is 11.3. The molecule has 0 saturated heterocycles. The van der Waals surface area contributed by atoms with E-state index in [4.69, 9.17) is 23.1 Å². The Hall–Kier alpha value is -3.01. The van der Waals surface area contributed by atoms with Gasteiger partial charge in [0, 0.05) is 17.5 Å². The standard InChI is InChI=1S/C24H24ClF2N5O2/c1-24(4-2-11-6-15(26)12-8-14(25)23(29)31-18(12)7-11)10-13(21(33)22(24)34)19-9-16(27)20-17(28)3-5-30-32(19)20/h3,5-9,13,21-22,33-34H,2,4,10,28H2,1H3,(H2,29,31)/t13-,21-,22-,24-/m0/s1. The summed E-state index contributed by atoms with van der Waals surface area (Å²) in [4.78, 5) is 4.17. The van der Waals surface area contributed by atoms with Crippen molar-refractivity contribution in [2.24, 2.45) is 5.41 Å². The van der Waals surface area contributed by atoms with Crippen molar-refractivity contribution in [3.63, 3.8) is 0 Å². The molecule has 5 rings (SSSR count). The number of fused-ring (bicyclic) bond motifs is 2. The summed E-state index contributed by atoms with van der Waals surface area (Å²) in [7, 11) is 0. The van der Waals surface area contributed by atoms with Crippen molar-refractivity contribution in [1.82, 2.24) is 14.6 Å². The molecule has 6 N–H and O–H groups in total. The minimum Gasteiger partial charge on any atom is -0.397 e. The van der Waals surface area contributed by atoms with Crippen molar-refractivity contribution < 1.29 is 19.0 Å². The molecule has 10 heteroatoms. The van der Waals surface area contributed by atoms with Crippen LogP contribution < -0.4 is 11.5 Å². The van der Waals surface area contributed by atoms with Crippen molar-refractivity contribution in [3.8, 4) is 0 Å². The summed E-state index contributed by atoms with van der Waals surface area (Å²) in [6.07, 6.45) is 0.543. The molecule has 0 bridgehead atoms. The van der Waals surface area contributed by atoms with Crippen LogP contribution in [-0.2, 0) is 6.42 Å². The highest BCUT2D eigenvalue weighted by atomic mass is 35.5. The topological polar surface area (TPSA) is 123 Å². The van der Waals surface area contributed by atoms with Gasteiger partial charge in [-0.1, -0.05) is 18.5 Å². The van der Waals surface area contributed by atoms with Crippen LogP contribution in [-0.4, -0.2) is 37.0 Å². The van der Waals surface area contributed by atoms with Crippen LogP contribution in [0.5, 0.6) is 0 Å². The van der Waals surface area contributed by atoms with Crippen LogP contribution in [0.3, 0.4) is 0 Å². The summed E-state index contributed by atoms with van der Waals surface area (Å²) in [5.41, 5.74) is 12.9. The fraction of sp³-hybridized carbons (Fsp3) is 0.333. The summed E-state index contributed by atoms with van der Waals surface area (Å²) >= 11 is 5.96. The molecule has 4 atom stereocenters. The van der Waals surface area contributed by atoms with Gasteiger partial charge in [-0.3, -0.25) is 0 Å². The van der Waals surface area contributed by atoms with Crippen LogP contribution in [0.15, 0.2) is 36.5 Å². The first-order valence-electron chi connectivity index (χ1n) is 10.9. The lowest BCUT2D eigenvalue weighted by Crippen LogP contribution is -2.34. The third-order valence-electron chi connectivity index (χ3n) is 7.09. The van der Waals surface area contributed by atoms with Gasteiger partial charge in [0.05, 0.1) is 34.1 Å². The highest BCUT2D eigenvalue weighted by molar-refractivity contribution is 6.33. The van der Waals surface area contributed by atoms with Gasteiger partial charge >= 0.3 is 0 Å². The van der Waals surface area contributed by atoms with Gasteiger partial charge < -0.3 is 21.7 Å². The molecule has 4 aromatic rings. The molecule has 0 spiro atoms. The number of nitrogens with two attached hydrogens (primary N) is 2. The lowest BCUT2D eigenvalue weighted by Gasteiger charge is -2.28. The second-order valence-corrected chi connectivity index (χ2v) is 9.77. The first kappa shape index (κ1) is 22.8. The highest BCUT2D eigenvalue weighted by Gasteiger charge is 2.50. The molecule has 34 heavy (non-hydrogen) atoms. The van der Waals surface area contributed by atoms with Crippen molar-refractivity contribution in [3.05, 3.63) is 64.4 Å². The number of aliphatic hydroxyl groups excluding tert-OH is 2. The Morgan fingerprint density at radius 2 is 1.94 bits per heavy atom. The third kappa shape index (κ3) is 3.55. The fourth-order valence-electron chi connectivity index (χ4n) is 5.15. The van der Waals surface area contributed by atoms with Gasteiger partial charge in [0.1, 0.15) is 17.2 Å². The summed E-state index contributed by atoms with van der Waals surface area (Å²) < 4.78 is 30.6. The molecular weight excluding hydrogens is 464 g/mol. The highest BCUT2D eigenvalue weighted by Crippen LogP contribution is 2.50. The van der Waals surface area contributed by atoms with E-state index in [9.17, 15) is 19.0 Å². The number of halogens is 3. The smallest absolute Gasteiger partial charge is 0.152 e. The molecule has 178 valence electrons. The van der Waals surface area contributed by atoms with Crippen LogP contribution in [0.4, 0.5) is 20.3 Å². The number of hydrogen-bond acceptors (Lipinski definition) is 6. The molecule has 1 saturated carbocycles. The monoisotopic (exact) mass is 487 g/mol. The van der Waals surface area contributed by atoms with E-state index in [1.54, 1.807) is 6.07 Å². The number of hydrogen-bond donors (Lipinski definition) is 4. The molecule has 1 aliphatic rings. The van der Waals surface area contributed by atoms with E-state index in [-0.39, 0.29) is 27.4 Å². The minimum absolute atomic E-state index is 0.121. The molecule has 7 nitrogen and oxygen atoms in total. The van der Waals surface area contributed by atoms with Crippen LogP contribution in [0.2, 0.25) is 5.02 Å². The maximum absolute atomic E-state index is 14.7. The van der Waals surface area contributed by atoms with Gasteiger partial charge in [-0.2, -0.15) is 5.10 Å². The van der Waals surface area contributed by atoms with E-state index in [0.717, 1.165) is 0 Å². The van der Waals surface area contributed by atoms with Crippen LogP contribution in [0.25, 0.3) is 16.4 Å². The Labute approximate surface area is 199 Å². The van der Waals surface area contributed by atoms with E-state index in [2.05, 4.69) is 10.1 Å². The zero-order chi connectivity index (χ0) is 24.4. The second-order valence-electron chi connectivity index (χ2n) is 9.36. The molecule has 0 aliphatic heterocycles. The summed E-state index contributed by atoms with van der Waals surface area (Å²) in [5.74, 6) is -1.43. The van der Waals surface area contributed by atoms with E-state index in [0.29, 0.717) is 36.0 Å². The van der Waals surface area contributed by atoms with Crippen molar-refractivity contribution in [2.45, 2.75) is 44.3 Å².